The number of rotatable bonds is 5. The number of hydrogen-bond donors (Lipinski definition) is 1. The van der Waals surface area contributed by atoms with Crippen LogP contribution in [0.5, 0.6) is 5.75 Å². The summed E-state index contributed by atoms with van der Waals surface area (Å²) in [6, 6.07) is 14.6. The second-order valence-electron chi connectivity index (χ2n) is 7.64. The summed E-state index contributed by atoms with van der Waals surface area (Å²) in [7, 11) is 3.33. The van der Waals surface area contributed by atoms with Crippen molar-refractivity contribution in [1.29, 1.82) is 0 Å². The van der Waals surface area contributed by atoms with Crippen molar-refractivity contribution in [2.75, 3.05) is 20.8 Å². The number of nitrogens with one attached hydrogen (secondary N) is 1. The van der Waals surface area contributed by atoms with Gasteiger partial charge < -0.3 is 9.47 Å². The Morgan fingerprint density at radius 3 is 1.79 bits per heavy atom. The van der Waals surface area contributed by atoms with Gasteiger partial charge in [0.05, 0.1) is 12.8 Å². The van der Waals surface area contributed by atoms with E-state index in [1.165, 1.54) is 22.3 Å². The molecule has 5 heteroatoms. The van der Waals surface area contributed by atoms with Crippen molar-refractivity contribution < 1.29 is 14.3 Å². The van der Waals surface area contributed by atoms with Gasteiger partial charge in [0.15, 0.2) is 0 Å². The Hall–Kier alpha value is -1.92. The first kappa shape index (κ1) is 34.2. The molecule has 0 radical (unpaired) electrons. The highest BCUT2D eigenvalue weighted by Crippen LogP contribution is 2.25. The van der Waals surface area contributed by atoms with Crippen molar-refractivity contribution in [2.24, 2.45) is 0 Å². The molecule has 2 aromatic rings. The fourth-order valence-corrected chi connectivity index (χ4v) is 3.51. The topological polar surface area (TPSA) is 43.0 Å². The van der Waals surface area contributed by atoms with E-state index in [4.69, 9.17) is 14.3 Å². The monoisotopic (exact) mass is 476 g/mol. The van der Waals surface area contributed by atoms with Gasteiger partial charge in [-0.3, -0.25) is 10.2 Å². The first-order valence-corrected chi connectivity index (χ1v) is 12.6. The molecular formula is C29H52N2O3. The standard InChI is InChI=1S/C16H18O.C7H16N2O2.3C2H6/c1-12-9-13(2)16(14(3)10-12)17-11-15-7-5-4-6-8-15;1-7(2)8-5-6(10-3)9(7)11-4;3*1-2/h4-10H,11H2,1-3H3;6,8H,5H2,1-4H3;3*1-2H3. The number of benzene rings is 2. The molecule has 1 saturated heterocycles. The van der Waals surface area contributed by atoms with Crippen LogP contribution in [-0.4, -0.2) is 37.7 Å². The van der Waals surface area contributed by atoms with Gasteiger partial charge in [-0.05, 0) is 51.3 Å². The van der Waals surface area contributed by atoms with E-state index in [9.17, 15) is 0 Å². The number of hydrogen-bond acceptors (Lipinski definition) is 5. The molecule has 0 spiro atoms. The lowest BCUT2D eigenvalue weighted by Crippen LogP contribution is -2.47. The summed E-state index contributed by atoms with van der Waals surface area (Å²) < 4.78 is 11.1. The zero-order chi connectivity index (χ0) is 26.7. The summed E-state index contributed by atoms with van der Waals surface area (Å²) in [5.74, 6) is 1.01. The molecular weight excluding hydrogens is 424 g/mol. The van der Waals surface area contributed by atoms with Gasteiger partial charge in [0.1, 0.15) is 18.6 Å². The average Bonchev–Trinajstić information content (AvgIpc) is 3.16. The van der Waals surface area contributed by atoms with Crippen molar-refractivity contribution in [3.8, 4) is 5.75 Å². The van der Waals surface area contributed by atoms with E-state index in [1.54, 1.807) is 14.2 Å². The summed E-state index contributed by atoms with van der Waals surface area (Å²) in [5.41, 5.74) is 4.77. The maximum atomic E-state index is 5.91. The molecule has 1 aliphatic heterocycles. The number of hydroxylamine groups is 2. The predicted octanol–water partition coefficient (Wildman–Crippen LogP) is 7.43. The first-order valence-electron chi connectivity index (χ1n) is 12.6. The van der Waals surface area contributed by atoms with Crippen LogP contribution in [0, 0.1) is 20.8 Å². The van der Waals surface area contributed by atoms with Crippen LogP contribution >= 0.6 is 0 Å². The number of aryl methyl sites for hydroxylation is 3. The van der Waals surface area contributed by atoms with Gasteiger partial charge in [-0.1, -0.05) is 89.6 Å². The minimum Gasteiger partial charge on any atom is -0.488 e. The van der Waals surface area contributed by atoms with Crippen LogP contribution in [0.2, 0.25) is 0 Å². The third kappa shape index (κ3) is 11.5. The third-order valence-electron chi connectivity index (χ3n) is 4.82. The Bertz CT molecular complexity index is 725. The second kappa shape index (κ2) is 19.4. The maximum absolute atomic E-state index is 5.91. The number of methoxy groups -OCH3 is 1. The minimum atomic E-state index is -0.130. The highest BCUT2D eigenvalue weighted by Gasteiger charge is 2.39. The van der Waals surface area contributed by atoms with Crippen molar-refractivity contribution in [2.45, 2.75) is 94.7 Å². The van der Waals surface area contributed by atoms with Gasteiger partial charge in [-0.15, -0.1) is 5.06 Å². The lowest BCUT2D eigenvalue weighted by Gasteiger charge is -2.31. The smallest absolute Gasteiger partial charge is 0.147 e. The molecule has 196 valence electrons. The molecule has 0 bridgehead atoms. The van der Waals surface area contributed by atoms with Gasteiger partial charge in [0.2, 0.25) is 0 Å². The Balaban J connectivity index is 0. The van der Waals surface area contributed by atoms with Crippen LogP contribution in [0.3, 0.4) is 0 Å². The van der Waals surface area contributed by atoms with E-state index in [0.29, 0.717) is 6.61 Å². The Morgan fingerprint density at radius 2 is 1.38 bits per heavy atom. The van der Waals surface area contributed by atoms with E-state index < -0.39 is 0 Å². The van der Waals surface area contributed by atoms with Gasteiger partial charge in [-0.2, -0.15) is 0 Å². The van der Waals surface area contributed by atoms with E-state index >= 15 is 0 Å². The molecule has 0 aromatic heterocycles. The van der Waals surface area contributed by atoms with Crippen LogP contribution in [0.4, 0.5) is 0 Å². The van der Waals surface area contributed by atoms with Crippen LogP contribution < -0.4 is 10.1 Å². The van der Waals surface area contributed by atoms with E-state index in [-0.39, 0.29) is 11.9 Å². The van der Waals surface area contributed by atoms with Crippen LogP contribution in [0.1, 0.15) is 77.6 Å². The van der Waals surface area contributed by atoms with Crippen LogP contribution in [-0.2, 0) is 16.2 Å². The molecule has 1 unspecified atom stereocenters. The zero-order valence-corrected chi connectivity index (χ0v) is 24.2. The molecule has 1 aliphatic rings. The Kier molecular flexibility index (Phi) is 19.5. The lowest BCUT2D eigenvalue weighted by atomic mass is 10.1. The molecule has 0 aliphatic carbocycles. The second-order valence-corrected chi connectivity index (χ2v) is 7.64. The number of nitrogens with zero attached hydrogens (tertiary/aromatic N) is 1. The lowest BCUT2D eigenvalue weighted by molar-refractivity contribution is -0.248. The number of ether oxygens (including phenoxy) is 2. The average molecular weight is 477 g/mol. The van der Waals surface area contributed by atoms with Crippen molar-refractivity contribution in [3.63, 3.8) is 0 Å². The highest BCUT2D eigenvalue weighted by atomic mass is 16.7. The molecule has 5 nitrogen and oxygen atoms in total. The van der Waals surface area contributed by atoms with Gasteiger partial charge in [-0.25, -0.2) is 0 Å². The molecule has 1 fully saturated rings. The van der Waals surface area contributed by atoms with E-state index in [0.717, 1.165) is 12.3 Å². The molecule has 1 N–H and O–H groups in total. The van der Waals surface area contributed by atoms with Crippen molar-refractivity contribution in [3.05, 3.63) is 64.7 Å². The van der Waals surface area contributed by atoms with Crippen LogP contribution in [0.15, 0.2) is 42.5 Å². The quantitative estimate of drug-likeness (QED) is 0.486. The summed E-state index contributed by atoms with van der Waals surface area (Å²) in [5, 5.41) is 5.09. The Morgan fingerprint density at radius 1 is 0.882 bits per heavy atom. The van der Waals surface area contributed by atoms with Gasteiger partial charge in [0, 0.05) is 13.7 Å². The van der Waals surface area contributed by atoms with Crippen molar-refractivity contribution >= 4 is 0 Å². The minimum absolute atomic E-state index is 0.0231. The first-order chi connectivity index (χ1) is 16.3. The normalized spacial score (nSPS) is 15.7. The molecule has 0 amide bonds. The van der Waals surface area contributed by atoms with E-state index in [1.807, 2.05) is 64.8 Å². The molecule has 0 saturated carbocycles. The summed E-state index contributed by atoms with van der Waals surface area (Å²) >= 11 is 0. The zero-order valence-electron chi connectivity index (χ0n) is 24.2. The maximum Gasteiger partial charge on any atom is 0.147 e. The molecule has 3 rings (SSSR count). The fraction of sp³-hybridized carbons (Fsp3) is 0.586. The molecule has 34 heavy (non-hydrogen) atoms. The molecule has 1 atom stereocenters. The van der Waals surface area contributed by atoms with Crippen molar-refractivity contribution in [1.82, 2.24) is 10.4 Å². The summed E-state index contributed by atoms with van der Waals surface area (Å²) in [6.07, 6.45) is 0.0231. The van der Waals surface area contributed by atoms with Gasteiger partial charge in [0.25, 0.3) is 0 Å². The van der Waals surface area contributed by atoms with E-state index in [2.05, 4.69) is 64.2 Å². The fourth-order valence-electron chi connectivity index (χ4n) is 3.51. The largest absolute Gasteiger partial charge is 0.488 e. The predicted molar refractivity (Wildman–Crippen MR) is 147 cm³/mol. The highest BCUT2D eigenvalue weighted by molar-refractivity contribution is 5.43. The third-order valence-corrected chi connectivity index (χ3v) is 4.82. The molecule has 1 heterocycles. The molecule has 2 aromatic carbocycles. The van der Waals surface area contributed by atoms with Gasteiger partial charge >= 0.3 is 0 Å². The van der Waals surface area contributed by atoms with Crippen LogP contribution in [0.25, 0.3) is 0 Å². The SMILES string of the molecule is CC.CC.CC.COC1CNC(C)(C)N1OC.Cc1cc(C)c(OCc2ccccc2)c(C)c1. The Labute approximate surface area is 210 Å². The summed E-state index contributed by atoms with van der Waals surface area (Å²) in [6.45, 7) is 23.8. The summed E-state index contributed by atoms with van der Waals surface area (Å²) in [4.78, 5) is 5.18.